The first-order valence-corrected chi connectivity index (χ1v) is 9.98. The van der Waals surface area contributed by atoms with Gasteiger partial charge in [0.1, 0.15) is 12.2 Å². The molecule has 2 saturated heterocycles. The van der Waals surface area contributed by atoms with Crippen molar-refractivity contribution in [2.75, 3.05) is 39.6 Å². The van der Waals surface area contributed by atoms with E-state index in [4.69, 9.17) is 18.9 Å². The minimum atomic E-state index is 0.369. The molecule has 0 bridgehead atoms. The van der Waals surface area contributed by atoms with E-state index in [1.165, 1.54) is 16.7 Å². The number of rotatable bonds is 15. The van der Waals surface area contributed by atoms with E-state index < -0.39 is 0 Å². The van der Waals surface area contributed by atoms with Gasteiger partial charge in [-0.05, 0) is 55.2 Å². The van der Waals surface area contributed by atoms with Gasteiger partial charge in [-0.3, -0.25) is 0 Å². The topological polar surface area (TPSA) is 43.5 Å². The maximum Gasteiger partial charge on any atom is 0.104 e. The zero-order chi connectivity index (χ0) is 18.0. The van der Waals surface area contributed by atoms with Crippen molar-refractivity contribution in [2.24, 2.45) is 0 Å². The fraction of sp³-hybridized carbons (Fsp3) is 0.636. The maximum absolute atomic E-state index is 5.60. The summed E-state index contributed by atoms with van der Waals surface area (Å²) >= 11 is 0. The molecule has 1 aromatic rings. The Morgan fingerprint density at radius 3 is 2.12 bits per heavy atom. The highest BCUT2D eigenvalue weighted by atomic mass is 16.6. The number of benzene rings is 1. The van der Waals surface area contributed by atoms with E-state index in [0.29, 0.717) is 12.2 Å². The maximum atomic E-state index is 5.60. The van der Waals surface area contributed by atoms with Crippen LogP contribution in [-0.2, 0) is 31.8 Å². The van der Waals surface area contributed by atoms with Gasteiger partial charge in [0, 0.05) is 13.2 Å². The molecule has 2 heterocycles. The van der Waals surface area contributed by atoms with Gasteiger partial charge >= 0.3 is 0 Å². The number of hydrogen-bond acceptors (Lipinski definition) is 4. The van der Waals surface area contributed by atoms with Crippen LogP contribution >= 0.6 is 0 Å². The smallest absolute Gasteiger partial charge is 0.104 e. The quantitative estimate of drug-likeness (QED) is 0.352. The van der Waals surface area contributed by atoms with Gasteiger partial charge in [-0.15, -0.1) is 0 Å². The zero-order valence-electron chi connectivity index (χ0n) is 15.8. The largest absolute Gasteiger partial charge is 0.379 e. The van der Waals surface area contributed by atoms with E-state index in [2.05, 4.69) is 24.8 Å². The highest BCUT2D eigenvalue weighted by Crippen LogP contribution is 2.18. The highest BCUT2D eigenvalue weighted by molar-refractivity contribution is 5.53. The molecule has 0 amide bonds. The molecule has 144 valence electrons. The number of ether oxygens (including phenoxy) is 4. The summed E-state index contributed by atoms with van der Waals surface area (Å²) in [5.74, 6) is 0. The van der Waals surface area contributed by atoms with Gasteiger partial charge < -0.3 is 18.9 Å². The van der Waals surface area contributed by atoms with E-state index >= 15 is 0 Å². The van der Waals surface area contributed by atoms with Crippen molar-refractivity contribution >= 4 is 6.08 Å². The minimum Gasteiger partial charge on any atom is -0.379 e. The fourth-order valence-electron chi connectivity index (χ4n) is 3.03. The zero-order valence-corrected chi connectivity index (χ0v) is 15.8. The standard InChI is InChI=1S/C22H32O4/c1-2-19-13-18(7-3-5-11-23-14-21-16-25-21)9-10-20(19)8-4-6-12-24-15-22-17-26-22/h2,9-10,13,21-22H,1,3-8,11-12,14-17H2. The second kappa shape index (κ2) is 10.8. The monoisotopic (exact) mass is 360 g/mol. The van der Waals surface area contributed by atoms with Crippen molar-refractivity contribution < 1.29 is 18.9 Å². The number of hydrogen-bond donors (Lipinski definition) is 0. The molecule has 2 unspecified atom stereocenters. The lowest BCUT2D eigenvalue weighted by molar-refractivity contribution is 0.113. The molecule has 0 N–H and O–H groups in total. The minimum absolute atomic E-state index is 0.369. The number of aryl methyl sites for hydroxylation is 2. The normalized spacial score (nSPS) is 20.9. The van der Waals surface area contributed by atoms with Crippen molar-refractivity contribution in [2.45, 2.75) is 50.7 Å². The van der Waals surface area contributed by atoms with Gasteiger partial charge in [-0.1, -0.05) is 30.9 Å². The van der Waals surface area contributed by atoms with E-state index in [9.17, 15) is 0 Å². The molecule has 2 fully saturated rings. The van der Waals surface area contributed by atoms with Crippen LogP contribution in [-0.4, -0.2) is 51.8 Å². The Morgan fingerprint density at radius 1 is 0.923 bits per heavy atom. The highest BCUT2D eigenvalue weighted by Gasteiger charge is 2.22. The van der Waals surface area contributed by atoms with E-state index in [-0.39, 0.29) is 0 Å². The van der Waals surface area contributed by atoms with Gasteiger partial charge in [-0.2, -0.15) is 0 Å². The molecule has 3 rings (SSSR count). The molecule has 2 aliphatic heterocycles. The summed E-state index contributed by atoms with van der Waals surface area (Å²) in [4.78, 5) is 0. The summed E-state index contributed by atoms with van der Waals surface area (Å²) in [6, 6.07) is 6.83. The van der Waals surface area contributed by atoms with Crippen LogP contribution in [0.2, 0.25) is 0 Å². The summed E-state index contributed by atoms with van der Waals surface area (Å²) < 4.78 is 21.5. The van der Waals surface area contributed by atoms with Gasteiger partial charge in [0.2, 0.25) is 0 Å². The van der Waals surface area contributed by atoms with Crippen LogP contribution in [0.3, 0.4) is 0 Å². The first-order chi connectivity index (χ1) is 12.8. The molecule has 0 saturated carbocycles. The molecule has 4 nitrogen and oxygen atoms in total. The van der Waals surface area contributed by atoms with Gasteiger partial charge in [0.25, 0.3) is 0 Å². The average molecular weight is 360 g/mol. The summed E-state index contributed by atoms with van der Waals surface area (Å²) in [5, 5.41) is 0. The van der Waals surface area contributed by atoms with Crippen LogP contribution in [0.15, 0.2) is 24.8 Å². The Kier molecular flexibility index (Phi) is 8.15. The Bertz CT molecular complexity index is 549. The molecule has 26 heavy (non-hydrogen) atoms. The number of epoxide rings is 2. The average Bonchev–Trinajstić information content (AvgIpc) is 3.56. The van der Waals surface area contributed by atoms with Crippen molar-refractivity contribution in [3.63, 3.8) is 0 Å². The fourth-order valence-corrected chi connectivity index (χ4v) is 3.03. The van der Waals surface area contributed by atoms with Crippen LogP contribution in [0.4, 0.5) is 0 Å². The summed E-state index contributed by atoms with van der Waals surface area (Å²) in [7, 11) is 0. The van der Waals surface area contributed by atoms with Crippen molar-refractivity contribution in [3.8, 4) is 0 Å². The lowest BCUT2D eigenvalue weighted by atomic mass is 9.97. The van der Waals surface area contributed by atoms with Gasteiger partial charge in [0.15, 0.2) is 0 Å². The summed E-state index contributed by atoms with van der Waals surface area (Å²) in [6.45, 7) is 8.91. The van der Waals surface area contributed by atoms with E-state index in [0.717, 1.165) is 78.2 Å². The lowest BCUT2D eigenvalue weighted by Crippen LogP contribution is -2.03. The van der Waals surface area contributed by atoms with E-state index in [1.54, 1.807) is 0 Å². The third-order valence-corrected chi connectivity index (χ3v) is 4.83. The second-order valence-electron chi connectivity index (χ2n) is 7.21. The predicted molar refractivity (Wildman–Crippen MR) is 104 cm³/mol. The Balaban J connectivity index is 1.29. The Labute approximate surface area is 157 Å². The first-order valence-electron chi connectivity index (χ1n) is 9.98. The van der Waals surface area contributed by atoms with Crippen LogP contribution in [0, 0.1) is 0 Å². The summed E-state index contributed by atoms with van der Waals surface area (Å²) in [5.41, 5.74) is 4.06. The lowest BCUT2D eigenvalue weighted by Gasteiger charge is -2.10. The molecule has 2 atom stereocenters. The van der Waals surface area contributed by atoms with Crippen molar-refractivity contribution in [1.29, 1.82) is 0 Å². The molecular weight excluding hydrogens is 328 g/mol. The van der Waals surface area contributed by atoms with E-state index in [1.807, 2.05) is 6.08 Å². The molecular formula is C22H32O4. The van der Waals surface area contributed by atoms with Crippen LogP contribution in [0.25, 0.3) is 6.08 Å². The Morgan fingerprint density at radius 2 is 1.54 bits per heavy atom. The third kappa shape index (κ3) is 7.58. The molecule has 4 heteroatoms. The first kappa shape index (κ1) is 19.6. The van der Waals surface area contributed by atoms with Gasteiger partial charge in [-0.25, -0.2) is 0 Å². The summed E-state index contributed by atoms with van der Waals surface area (Å²) in [6.07, 6.45) is 9.41. The molecule has 0 aliphatic carbocycles. The molecule has 0 spiro atoms. The molecule has 0 aromatic heterocycles. The molecule has 1 aromatic carbocycles. The Hall–Kier alpha value is -1.20. The van der Waals surface area contributed by atoms with Crippen molar-refractivity contribution in [3.05, 3.63) is 41.5 Å². The SMILES string of the molecule is C=Cc1cc(CCCCOCC2CO2)ccc1CCCCOCC1CO1. The van der Waals surface area contributed by atoms with Crippen LogP contribution in [0.5, 0.6) is 0 Å². The van der Waals surface area contributed by atoms with Crippen LogP contribution < -0.4 is 0 Å². The van der Waals surface area contributed by atoms with Crippen LogP contribution in [0.1, 0.15) is 42.4 Å². The predicted octanol–water partition coefficient (Wildman–Crippen LogP) is 3.81. The van der Waals surface area contributed by atoms with Crippen molar-refractivity contribution in [1.82, 2.24) is 0 Å². The second-order valence-corrected chi connectivity index (χ2v) is 7.21. The molecule has 0 radical (unpaired) electrons. The molecule has 2 aliphatic rings. The third-order valence-electron chi connectivity index (χ3n) is 4.83. The number of unbranched alkanes of at least 4 members (excludes halogenated alkanes) is 2. The van der Waals surface area contributed by atoms with Gasteiger partial charge in [0.05, 0.1) is 26.4 Å².